The molecule has 2 heterocycles. The summed E-state index contributed by atoms with van der Waals surface area (Å²) in [5.74, 6) is 0.427. The number of carbonyl (C=O) groups excluding carboxylic acids is 1. The van der Waals surface area contributed by atoms with Crippen molar-refractivity contribution in [3.63, 3.8) is 0 Å². The zero-order chi connectivity index (χ0) is 22.0. The molecule has 7 nitrogen and oxygen atoms in total. The molecule has 1 aliphatic carbocycles. The Bertz CT molecular complexity index is 1090. The predicted molar refractivity (Wildman–Crippen MR) is 119 cm³/mol. The number of rotatable bonds is 6. The van der Waals surface area contributed by atoms with Crippen LogP contribution in [0.1, 0.15) is 47.4 Å². The number of carbonyl (C=O) groups is 1. The highest BCUT2D eigenvalue weighted by Crippen LogP contribution is 2.31. The summed E-state index contributed by atoms with van der Waals surface area (Å²) < 4.78 is 6.83. The molecule has 0 fully saturated rings. The topological polar surface area (TPSA) is 73.1 Å². The summed E-state index contributed by atoms with van der Waals surface area (Å²) in [6, 6.07) is 8.48. The van der Waals surface area contributed by atoms with Gasteiger partial charge in [-0.2, -0.15) is 5.10 Å². The maximum absolute atomic E-state index is 13.2. The zero-order valence-electron chi connectivity index (χ0n) is 18.6. The molecule has 0 atom stereocenters. The molecule has 2 aromatic heterocycles. The predicted octanol–water partition coefficient (Wildman–Crippen LogP) is 3.62. The van der Waals surface area contributed by atoms with E-state index in [1.165, 1.54) is 5.56 Å². The van der Waals surface area contributed by atoms with Gasteiger partial charge in [-0.15, -0.1) is 0 Å². The third-order valence-electron chi connectivity index (χ3n) is 5.87. The smallest absolute Gasteiger partial charge is 0.257 e. The number of aromatic nitrogens is 4. The number of aryl methyl sites for hydroxylation is 2. The van der Waals surface area contributed by atoms with Gasteiger partial charge in [-0.05, 0) is 51.2 Å². The van der Waals surface area contributed by atoms with E-state index in [4.69, 9.17) is 9.72 Å². The van der Waals surface area contributed by atoms with Gasteiger partial charge in [-0.25, -0.2) is 14.6 Å². The van der Waals surface area contributed by atoms with Crippen LogP contribution in [0.5, 0.6) is 0 Å². The van der Waals surface area contributed by atoms with Crippen molar-refractivity contribution in [3.8, 4) is 17.2 Å². The molecule has 0 saturated heterocycles. The molecular weight excluding hydrogens is 390 g/mol. The first-order valence-corrected chi connectivity index (χ1v) is 10.8. The molecule has 3 aromatic rings. The Morgan fingerprint density at radius 3 is 2.74 bits per heavy atom. The quantitative estimate of drug-likeness (QED) is 0.610. The summed E-state index contributed by atoms with van der Waals surface area (Å²) in [5, 5.41) is 4.47. The summed E-state index contributed by atoms with van der Waals surface area (Å²) in [5.41, 5.74) is 5.87. The van der Waals surface area contributed by atoms with Crippen molar-refractivity contribution >= 4 is 5.91 Å². The fourth-order valence-corrected chi connectivity index (χ4v) is 4.11. The van der Waals surface area contributed by atoms with Crippen molar-refractivity contribution < 1.29 is 9.53 Å². The first-order valence-electron chi connectivity index (χ1n) is 10.8. The van der Waals surface area contributed by atoms with Gasteiger partial charge in [0.2, 0.25) is 0 Å². The number of methoxy groups -OCH3 is 1. The van der Waals surface area contributed by atoms with Crippen LogP contribution in [0.2, 0.25) is 0 Å². The molecule has 0 aliphatic heterocycles. The van der Waals surface area contributed by atoms with E-state index in [9.17, 15) is 4.79 Å². The van der Waals surface area contributed by atoms with E-state index < -0.39 is 0 Å². The molecule has 0 radical (unpaired) electrons. The molecule has 162 valence electrons. The Morgan fingerprint density at radius 1 is 1.19 bits per heavy atom. The molecule has 0 bridgehead atoms. The van der Waals surface area contributed by atoms with Crippen LogP contribution in [-0.2, 0) is 17.6 Å². The molecule has 4 rings (SSSR count). The lowest BCUT2D eigenvalue weighted by atomic mass is 10.0. The van der Waals surface area contributed by atoms with Crippen molar-refractivity contribution in [1.29, 1.82) is 0 Å². The lowest BCUT2D eigenvalue weighted by Crippen LogP contribution is -2.39. The average Bonchev–Trinajstić information content (AvgIpc) is 3.05. The highest BCUT2D eigenvalue weighted by atomic mass is 16.5. The van der Waals surface area contributed by atoms with Gasteiger partial charge in [0, 0.05) is 31.5 Å². The van der Waals surface area contributed by atoms with E-state index in [-0.39, 0.29) is 11.9 Å². The second-order valence-corrected chi connectivity index (χ2v) is 8.20. The lowest BCUT2D eigenvalue weighted by molar-refractivity contribution is 0.0634. The Morgan fingerprint density at radius 2 is 1.97 bits per heavy atom. The number of hydrogen-bond donors (Lipinski definition) is 0. The first kappa shape index (κ1) is 21.2. The molecule has 7 heteroatoms. The number of amides is 1. The van der Waals surface area contributed by atoms with Crippen LogP contribution in [0.4, 0.5) is 0 Å². The standard InChI is InChI=1S/C24H29N5O2/c1-16(2)28(12-13-31-4)23(30)21-15-26-29(17(21)3)24-25-14-19-10-7-9-18-8-5-6-11-20(18)22(19)27-24/h5-6,8,11,14-16H,7,9-10,12-13H2,1-4H3. The van der Waals surface area contributed by atoms with Gasteiger partial charge < -0.3 is 9.64 Å². The van der Waals surface area contributed by atoms with E-state index >= 15 is 0 Å². The molecule has 31 heavy (non-hydrogen) atoms. The third-order valence-corrected chi connectivity index (χ3v) is 5.87. The van der Waals surface area contributed by atoms with Crippen LogP contribution in [0.25, 0.3) is 17.2 Å². The van der Waals surface area contributed by atoms with Crippen LogP contribution in [0.15, 0.2) is 36.7 Å². The van der Waals surface area contributed by atoms with Gasteiger partial charge in [0.1, 0.15) is 0 Å². The number of nitrogens with zero attached hydrogens (tertiary/aromatic N) is 5. The molecular formula is C24H29N5O2. The monoisotopic (exact) mass is 419 g/mol. The van der Waals surface area contributed by atoms with Crippen LogP contribution < -0.4 is 0 Å². The summed E-state index contributed by atoms with van der Waals surface area (Å²) in [6.45, 7) is 6.91. The molecule has 0 N–H and O–H groups in total. The second kappa shape index (κ2) is 8.98. The van der Waals surface area contributed by atoms with Gasteiger partial charge in [-0.1, -0.05) is 24.3 Å². The normalized spacial score (nSPS) is 12.9. The van der Waals surface area contributed by atoms with Gasteiger partial charge in [0.15, 0.2) is 0 Å². The van der Waals surface area contributed by atoms with Crippen LogP contribution in [0.3, 0.4) is 0 Å². The van der Waals surface area contributed by atoms with E-state index in [0.29, 0.717) is 24.7 Å². The SMILES string of the molecule is COCCN(C(=O)c1cnn(-c2ncc3c(n2)-c2ccccc2CCC3)c1C)C(C)C. The molecule has 0 spiro atoms. The van der Waals surface area contributed by atoms with Gasteiger partial charge in [-0.3, -0.25) is 4.79 Å². The van der Waals surface area contributed by atoms with Crippen molar-refractivity contribution in [1.82, 2.24) is 24.6 Å². The van der Waals surface area contributed by atoms with Gasteiger partial charge in [0.25, 0.3) is 11.9 Å². The maximum atomic E-state index is 13.2. The minimum atomic E-state index is -0.0593. The highest BCUT2D eigenvalue weighted by Gasteiger charge is 2.24. The van der Waals surface area contributed by atoms with Crippen LogP contribution in [-0.4, -0.2) is 56.9 Å². The Hall–Kier alpha value is -3.06. The van der Waals surface area contributed by atoms with E-state index in [1.54, 1.807) is 22.9 Å². The van der Waals surface area contributed by atoms with Crippen molar-refractivity contribution in [3.05, 3.63) is 59.0 Å². The molecule has 1 aliphatic rings. The van der Waals surface area contributed by atoms with E-state index in [1.807, 2.05) is 33.0 Å². The largest absolute Gasteiger partial charge is 0.383 e. The average molecular weight is 420 g/mol. The van der Waals surface area contributed by atoms with Crippen molar-refractivity contribution in [2.45, 2.75) is 46.1 Å². The second-order valence-electron chi connectivity index (χ2n) is 8.20. The summed E-state index contributed by atoms with van der Waals surface area (Å²) in [6.07, 6.45) is 6.59. The minimum absolute atomic E-state index is 0.0593. The van der Waals surface area contributed by atoms with E-state index in [0.717, 1.165) is 41.8 Å². The summed E-state index contributed by atoms with van der Waals surface area (Å²) in [7, 11) is 1.64. The molecule has 1 amide bonds. The lowest BCUT2D eigenvalue weighted by Gasteiger charge is -2.26. The first-order chi connectivity index (χ1) is 15.0. The minimum Gasteiger partial charge on any atom is -0.383 e. The number of fused-ring (bicyclic) bond motifs is 3. The third kappa shape index (κ3) is 4.10. The Kier molecular flexibility index (Phi) is 6.13. The number of benzene rings is 1. The fourth-order valence-electron chi connectivity index (χ4n) is 4.11. The zero-order valence-corrected chi connectivity index (χ0v) is 18.6. The Balaban J connectivity index is 1.71. The fraction of sp³-hybridized carbons (Fsp3) is 0.417. The molecule has 1 aromatic carbocycles. The summed E-state index contributed by atoms with van der Waals surface area (Å²) in [4.78, 5) is 24.4. The molecule has 0 unspecified atom stereocenters. The number of ether oxygens (including phenoxy) is 1. The van der Waals surface area contributed by atoms with Gasteiger partial charge in [0.05, 0.1) is 29.8 Å². The Labute approximate surface area is 183 Å². The van der Waals surface area contributed by atoms with Gasteiger partial charge >= 0.3 is 0 Å². The van der Waals surface area contributed by atoms with Crippen LogP contribution in [0, 0.1) is 6.92 Å². The van der Waals surface area contributed by atoms with E-state index in [2.05, 4.69) is 28.3 Å². The van der Waals surface area contributed by atoms with Crippen molar-refractivity contribution in [2.75, 3.05) is 20.3 Å². The number of hydrogen-bond acceptors (Lipinski definition) is 5. The van der Waals surface area contributed by atoms with Crippen LogP contribution >= 0.6 is 0 Å². The van der Waals surface area contributed by atoms with Crippen molar-refractivity contribution in [2.24, 2.45) is 0 Å². The summed E-state index contributed by atoms with van der Waals surface area (Å²) >= 11 is 0. The maximum Gasteiger partial charge on any atom is 0.257 e. The molecule has 0 saturated carbocycles. The highest BCUT2D eigenvalue weighted by molar-refractivity contribution is 5.95.